The van der Waals surface area contributed by atoms with Gasteiger partial charge in [-0.25, -0.2) is 4.98 Å². The second kappa shape index (κ2) is 6.29. The van der Waals surface area contributed by atoms with Gasteiger partial charge in [0.1, 0.15) is 0 Å². The Kier molecular flexibility index (Phi) is 4.47. The van der Waals surface area contributed by atoms with Crippen LogP contribution in [-0.4, -0.2) is 15.9 Å². The molecule has 0 unspecified atom stereocenters. The van der Waals surface area contributed by atoms with E-state index in [9.17, 15) is 4.79 Å². The summed E-state index contributed by atoms with van der Waals surface area (Å²) in [6.45, 7) is 3.51. The van der Waals surface area contributed by atoms with Crippen molar-refractivity contribution in [1.29, 1.82) is 0 Å². The van der Waals surface area contributed by atoms with Gasteiger partial charge in [0.05, 0.1) is 0 Å². The first-order valence-corrected chi connectivity index (χ1v) is 7.24. The number of benzene rings is 1. The van der Waals surface area contributed by atoms with Crippen molar-refractivity contribution >= 4 is 17.7 Å². The van der Waals surface area contributed by atoms with Crippen molar-refractivity contribution in [1.82, 2.24) is 9.66 Å². The lowest BCUT2D eigenvalue weighted by Gasteiger charge is -2.08. The minimum absolute atomic E-state index is 0.265. The van der Waals surface area contributed by atoms with Gasteiger partial charge in [0.25, 0.3) is 5.56 Å². The fourth-order valence-electron chi connectivity index (χ4n) is 1.79. The number of thioether (sulfide) groups is 1. The Morgan fingerprint density at radius 1 is 1.45 bits per heavy atom. The van der Waals surface area contributed by atoms with Crippen LogP contribution in [0.25, 0.3) is 0 Å². The van der Waals surface area contributed by atoms with Crippen LogP contribution in [0.4, 0.5) is 5.95 Å². The number of anilines is 1. The third-order valence-electron chi connectivity index (χ3n) is 2.85. The van der Waals surface area contributed by atoms with E-state index < -0.39 is 0 Å². The van der Waals surface area contributed by atoms with Crippen molar-refractivity contribution in [2.45, 2.75) is 11.3 Å². The SMILES string of the molecule is C=CNc1ncc(Cc2ccc(SC)cc2)c(=O)n1N. The van der Waals surface area contributed by atoms with E-state index in [0.29, 0.717) is 12.0 Å². The summed E-state index contributed by atoms with van der Waals surface area (Å²) in [6.07, 6.45) is 5.50. The molecule has 6 heteroatoms. The Hall–Kier alpha value is -2.21. The second-order valence-corrected chi connectivity index (χ2v) is 5.04. The van der Waals surface area contributed by atoms with E-state index in [1.165, 1.54) is 11.1 Å². The molecule has 104 valence electrons. The highest BCUT2D eigenvalue weighted by Crippen LogP contribution is 2.16. The van der Waals surface area contributed by atoms with E-state index in [1.807, 2.05) is 30.5 Å². The molecule has 0 bridgehead atoms. The summed E-state index contributed by atoms with van der Waals surface area (Å²) in [7, 11) is 0. The highest BCUT2D eigenvalue weighted by atomic mass is 32.2. The van der Waals surface area contributed by atoms with Gasteiger partial charge >= 0.3 is 0 Å². The number of hydrogen-bond donors (Lipinski definition) is 2. The molecular weight excluding hydrogens is 272 g/mol. The first-order chi connectivity index (χ1) is 9.65. The highest BCUT2D eigenvalue weighted by molar-refractivity contribution is 7.98. The summed E-state index contributed by atoms with van der Waals surface area (Å²) in [4.78, 5) is 17.4. The second-order valence-electron chi connectivity index (χ2n) is 4.16. The monoisotopic (exact) mass is 288 g/mol. The molecule has 3 N–H and O–H groups in total. The van der Waals surface area contributed by atoms with Gasteiger partial charge in [-0.1, -0.05) is 18.7 Å². The molecule has 0 saturated heterocycles. The number of nitrogens with one attached hydrogen (secondary N) is 1. The Morgan fingerprint density at radius 2 is 2.15 bits per heavy atom. The van der Waals surface area contributed by atoms with Crippen LogP contribution in [0.3, 0.4) is 0 Å². The molecule has 2 aromatic rings. The minimum Gasteiger partial charge on any atom is -0.333 e. The molecule has 0 fully saturated rings. The number of rotatable bonds is 5. The van der Waals surface area contributed by atoms with Crippen molar-refractivity contribution in [2.24, 2.45) is 0 Å². The maximum absolute atomic E-state index is 12.1. The third-order valence-corrected chi connectivity index (χ3v) is 3.59. The molecular formula is C14H16N4OS. The Labute approximate surface area is 121 Å². The maximum atomic E-state index is 12.1. The number of nitrogens with zero attached hydrogens (tertiary/aromatic N) is 2. The van der Waals surface area contributed by atoms with Crippen LogP contribution in [-0.2, 0) is 6.42 Å². The lowest BCUT2D eigenvalue weighted by molar-refractivity contribution is 0.871. The molecule has 1 heterocycles. The van der Waals surface area contributed by atoms with E-state index in [0.717, 1.165) is 10.2 Å². The van der Waals surface area contributed by atoms with E-state index in [1.54, 1.807) is 18.0 Å². The largest absolute Gasteiger partial charge is 0.333 e. The zero-order valence-corrected chi connectivity index (χ0v) is 12.0. The zero-order valence-electron chi connectivity index (χ0n) is 11.2. The van der Waals surface area contributed by atoms with Gasteiger partial charge in [0.15, 0.2) is 0 Å². The molecule has 5 nitrogen and oxygen atoms in total. The molecule has 20 heavy (non-hydrogen) atoms. The van der Waals surface area contributed by atoms with Crippen molar-refractivity contribution in [3.8, 4) is 0 Å². The molecule has 0 aliphatic heterocycles. The van der Waals surface area contributed by atoms with Crippen LogP contribution in [0.2, 0.25) is 0 Å². The van der Waals surface area contributed by atoms with Crippen molar-refractivity contribution in [2.75, 3.05) is 17.4 Å². The summed E-state index contributed by atoms with van der Waals surface area (Å²) in [5, 5.41) is 2.71. The lowest BCUT2D eigenvalue weighted by Crippen LogP contribution is -2.32. The maximum Gasteiger partial charge on any atom is 0.276 e. The predicted octanol–water partition coefficient (Wildman–Crippen LogP) is 1.83. The number of hydrogen-bond acceptors (Lipinski definition) is 5. The molecule has 1 aromatic heterocycles. The molecule has 0 atom stereocenters. The summed E-state index contributed by atoms with van der Waals surface area (Å²) in [5.74, 6) is 5.97. The fourth-order valence-corrected chi connectivity index (χ4v) is 2.20. The molecule has 0 spiro atoms. The summed E-state index contributed by atoms with van der Waals surface area (Å²) >= 11 is 1.68. The van der Waals surface area contributed by atoms with Crippen LogP contribution in [0.15, 0.2) is 52.9 Å². The van der Waals surface area contributed by atoms with Crippen LogP contribution in [0, 0.1) is 0 Å². The number of aromatic nitrogens is 2. The molecule has 0 radical (unpaired) electrons. The van der Waals surface area contributed by atoms with E-state index in [-0.39, 0.29) is 11.5 Å². The van der Waals surface area contributed by atoms with Gasteiger partial charge in [-0.15, -0.1) is 11.8 Å². The Bertz CT molecular complexity index is 664. The fraction of sp³-hybridized carbons (Fsp3) is 0.143. The Morgan fingerprint density at radius 3 is 2.75 bits per heavy atom. The highest BCUT2D eigenvalue weighted by Gasteiger charge is 2.08. The minimum atomic E-state index is -0.265. The van der Waals surface area contributed by atoms with E-state index >= 15 is 0 Å². The molecule has 1 aromatic carbocycles. The van der Waals surface area contributed by atoms with Crippen LogP contribution in [0.5, 0.6) is 0 Å². The summed E-state index contributed by atoms with van der Waals surface area (Å²) in [6, 6.07) is 8.06. The topological polar surface area (TPSA) is 72.9 Å². The Balaban J connectivity index is 2.27. The smallest absolute Gasteiger partial charge is 0.276 e. The van der Waals surface area contributed by atoms with Gasteiger partial charge < -0.3 is 11.2 Å². The van der Waals surface area contributed by atoms with E-state index in [4.69, 9.17) is 5.84 Å². The van der Waals surface area contributed by atoms with Gasteiger partial charge in [-0.3, -0.25) is 4.79 Å². The molecule has 0 aliphatic carbocycles. The van der Waals surface area contributed by atoms with E-state index in [2.05, 4.69) is 16.9 Å². The normalized spacial score (nSPS) is 10.2. The van der Waals surface area contributed by atoms with Crippen LogP contribution < -0.4 is 16.7 Å². The molecule has 0 amide bonds. The number of nitrogens with two attached hydrogens (primary N) is 1. The molecule has 2 rings (SSSR count). The molecule has 0 saturated carbocycles. The first-order valence-electron chi connectivity index (χ1n) is 6.02. The van der Waals surface area contributed by atoms with Crippen molar-refractivity contribution in [3.05, 3.63) is 64.7 Å². The quantitative estimate of drug-likeness (QED) is 0.648. The van der Waals surface area contributed by atoms with Crippen LogP contribution in [0.1, 0.15) is 11.1 Å². The molecule has 0 aliphatic rings. The standard InChI is InChI=1S/C14H16N4OS/c1-3-16-14-17-9-11(13(19)18(14)15)8-10-4-6-12(20-2)7-5-10/h3-7,9H,1,8,15H2,2H3,(H,16,17). The van der Waals surface area contributed by atoms with Crippen LogP contribution >= 0.6 is 11.8 Å². The summed E-state index contributed by atoms with van der Waals surface area (Å²) in [5.41, 5.74) is 1.34. The average Bonchev–Trinajstić information content (AvgIpc) is 2.48. The lowest BCUT2D eigenvalue weighted by atomic mass is 10.1. The average molecular weight is 288 g/mol. The zero-order chi connectivity index (χ0) is 14.5. The first kappa shape index (κ1) is 14.2. The van der Waals surface area contributed by atoms with Gasteiger partial charge in [-0.2, -0.15) is 4.68 Å². The summed E-state index contributed by atoms with van der Waals surface area (Å²) < 4.78 is 0.993. The third kappa shape index (κ3) is 3.03. The van der Waals surface area contributed by atoms with Gasteiger partial charge in [0.2, 0.25) is 5.95 Å². The van der Waals surface area contributed by atoms with Crippen molar-refractivity contribution in [3.63, 3.8) is 0 Å². The van der Waals surface area contributed by atoms with Gasteiger partial charge in [-0.05, 0) is 30.2 Å². The number of nitrogen functional groups attached to an aromatic ring is 1. The predicted molar refractivity (Wildman–Crippen MR) is 83.5 cm³/mol. The van der Waals surface area contributed by atoms with Crippen molar-refractivity contribution < 1.29 is 0 Å². The van der Waals surface area contributed by atoms with Gasteiger partial charge in [0, 0.05) is 23.1 Å².